The molecule has 2 aromatic carbocycles. The van der Waals surface area contributed by atoms with Crippen LogP contribution in [-0.2, 0) is 9.22 Å². The largest absolute Gasteiger partial charge is 0.481 e. The fourth-order valence-electron chi connectivity index (χ4n) is 4.25. The van der Waals surface area contributed by atoms with Crippen molar-refractivity contribution in [1.29, 1.82) is 0 Å². The second-order valence-corrected chi connectivity index (χ2v) is 13.4. The highest BCUT2D eigenvalue weighted by Crippen LogP contribution is 2.36. The maximum absolute atomic E-state index is 10.6. The molecule has 0 spiro atoms. The van der Waals surface area contributed by atoms with E-state index >= 15 is 0 Å². The van der Waals surface area contributed by atoms with E-state index in [1.165, 1.54) is 23.2 Å². The molecular formula is C26H38O3Si. The summed E-state index contributed by atoms with van der Waals surface area (Å²) in [6.45, 7) is 7.73. The van der Waals surface area contributed by atoms with Gasteiger partial charge in [0.05, 0.1) is 0 Å². The molecule has 3 nitrogen and oxygen atoms in total. The molecule has 2 aromatic rings. The highest BCUT2D eigenvalue weighted by atomic mass is 28.4. The van der Waals surface area contributed by atoms with Gasteiger partial charge in [0, 0.05) is 13.0 Å². The van der Waals surface area contributed by atoms with Gasteiger partial charge in [-0.2, -0.15) is 0 Å². The van der Waals surface area contributed by atoms with E-state index in [2.05, 4.69) is 81.4 Å². The molecule has 0 radical (unpaired) electrons. The molecule has 30 heavy (non-hydrogen) atoms. The molecule has 0 aliphatic heterocycles. The van der Waals surface area contributed by atoms with E-state index in [0.717, 1.165) is 38.7 Å². The fourth-order valence-corrected chi connectivity index (χ4v) is 8.86. The van der Waals surface area contributed by atoms with E-state index in [9.17, 15) is 4.79 Å². The Morgan fingerprint density at radius 2 is 1.20 bits per heavy atom. The molecule has 0 aliphatic rings. The molecule has 4 heteroatoms. The maximum Gasteiger partial charge on any atom is 0.303 e. The minimum Gasteiger partial charge on any atom is -0.481 e. The number of carboxylic acids is 1. The van der Waals surface area contributed by atoms with Crippen LogP contribution in [0, 0.1) is 0 Å². The standard InChI is InChI=1S/C26H38O3Si/c1-26(2,3)30(23-17-11-9-12-18-23,24-19-13-10-14-20-24)29-22-16-8-6-4-5-7-15-21-25(27)28/h9-14,17-20H,4-8,15-16,21-22H2,1-3H3,(H,27,28). The Bertz CT molecular complexity index is 698. The molecule has 0 unspecified atom stereocenters. The van der Waals surface area contributed by atoms with E-state index < -0.39 is 14.3 Å². The minimum atomic E-state index is -2.40. The number of rotatable bonds is 13. The second-order valence-electron chi connectivity index (χ2n) is 9.13. The molecule has 0 aromatic heterocycles. The molecular weight excluding hydrogens is 388 g/mol. The summed E-state index contributed by atoms with van der Waals surface area (Å²) in [7, 11) is -2.40. The molecule has 0 fully saturated rings. The molecule has 0 saturated heterocycles. The van der Waals surface area contributed by atoms with Crippen molar-refractivity contribution in [3.63, 3.8) is 0 Å². The molecule has 0 saturated carbocycles. The first-order valence-corrected chi connectivity index (χ1v) is 13.3. The highest BCUT2D eigenvalue weighted by molar-refractivity contribution is 6.99. The van der Waals surface area contributed by atoms with Gasteiger partial charge in [-0.15, -0.1) is 0 Å². The number of carbonyl (C=O) groups is 1. The van der Waals surface area contributed by atoms with E-state index in [-0.39, 0.29) is 5.04 Å². The zero-order chi connectivity index (χ0) is 21.9. The Labute approximate surface area is 183 Å². The Kier molecular flexibility index (Phi) is 9.80. The molecule has 2 rings (SSSR count). The predicted octanol–water partition coefficient (Wildman–Crippen LogP) is 5.77. The molecule has 164 valence electrons. The van der Waals surface area contributed by atoms with Gasteiger partial charge in [0.1, 0.15) is 0 Å². The van der Waals surface area contributed by atoms with Crippen LogP contribution in [0.5, 0.6) is 0 Å². The van der Waals surface area contributed by atoms with E-state index in [1.807, 2.05) is 0 Å². The maximum atomic E-state index is 10.6. The van der Waals surface area contributed by atoms with Gasteiger partial charge < -0.3 is 9.53 Å². The van der Waals surface area contributed by atoms with Crippen molar-refractivity contribution < 1.29 is 14.3 Å². The zero-order valence-corrected chi connectivity index (χ0v) is 19.9. The van der Waals surface area contributed by atoms with Crippen LogP contribution >= 0.6 is 0 Å². The van der Waals surface area contributed by atoms with Gasteiger partial charge in [-0.1, -0.05) is 114 Å². The summed E-state index contributed by atoms with van der Waals surface area (Å²) in [6, 6.07) is 21.6. The third-order valence-electron chi connectivity index (χ3n) is 5.77. The number of hydrogen-bond donors (Lipinski definition) is 1. The topological polar surface area (TPSA) is 46.5 Å². The monoisotopic (exact) mass is 426 g/mol. The lowest BCUT2D eigenvalue weighted by Gasteiger charge is -2.43. The van der Waals surface area contributed by atoms with Gasteiger partial charge in [-0.3, -0.25) is 4.79 Å². The molecule has 0 heterocycles. The number of hydrogen-bond acceptors (Lipinski definition) is 2. The lowest BCUT2D eigenvalue weighted by atomic mass is 10.1. The molecule has 0 bridgehead atoms. The van der Waals surface area contributed by atoms with Crippen molar-refractivity contribution in [2.45, 2.75) is 77.2 Å². The van der Waals surface area contributed by atoms with Crippen molar-refractivity contribution in [3.05, 3.63) is 60.7 Å². The summed E-state index contributed by atoms with van der Waals surface area (Å²) in [5.41, 5.74) is 0. The SMILES string of the molecule is CC(C)(C)[Si](OCCCCCCCCCC(=O)O)(c1ccccc1)c1ccccc1. The van der Waals surface area contributed by atoms with Crippen LogP contribution < -0.4 is 10.4 Å². The van der Waals surface area contributed by atoms with E-state index in [4.69, 9.17) is 9.53 Å². The summed E-state index contributed by atoms with van der Waals surface area (Å²) < 4.78 is 6.91. The van der Waals surface area contributed by atoms with Gasteiger partial charge >= 0.3 is 5.97 Å². The average Bonchev–Trinajstić information content (AvgIpc) is 2.72. The summed E-state index contributed by atoms with van der Waals surface area (Å²) in [5, 5.41) is 11.4. The van der Waals surface area contributed by atoms with Gasteiger partial charge in [0.2, 0.25) is 0 Å². The van der Waals surface area contributed by atoms with Crippen molar-refractivity contribution in [2.75, 3.05) is 6.61 Å². The summed E-state index contributed by atoms with van der Waals surface area (Å²) in [4.78, 5) is 10.6. The van der Waals surface area contributed by atoms with Crippen LogP contribution in [0.4, 0.5) is 0 Å². The minimum absolute atomic E-state index is 0.0276. The Balaban J connectivity index is 1.96. The van der Waals surface area contributed by atoms with Crippen molar-refractivity contribution in [3.8, 4) is 0 Å². The third-order valence-corrected chi connectivity index (χ3v) is 10.8. The zero-order valence-electron chi connectivity index (χ0n) is 18.9. The van der Waals surface area contributed by atoms with Crippen LogP contribution in [0.2, 0.25) is 5.04 Å². The summed E-state index contributed by atoms with van der Waals surface area (Å²) in [5.74, 6) is -0.685. The third kappa shape index (κ3) is 6.81. The number of unbranched alkanes of at least 4 members (excludes halogenated alkanes) is 6. The first kappa shape index (κ1) is 24.4. The first-order chi connectivity index (χ1) is 14.4. The van der Waals surface area contributed by atoms with Gasteiger partial charge in [-0.05, 0) is 28.3 Å². The van der Waals surface area contributed by atoms with Crippen molar-refractivity contribution in [2.24, 2.45) is 0 Å². The quantitative estimate of drug-likeness (QED) is 0.327. The molecule has 0 amide bonds. The van der Waals surface area contributed by atoms with Crippen molar-refractivity contribution in [1.82, 2.24) is 0 Å². The number of benzene rings is 2. The number of aliphatic carboxylic acids is 1. The van der Waals surface area contributed by atoms with Crippen LogP contribution in [0.25, 0.3) is 0 Å². The van der Waals surface area contributed by atoms with Crippen LogP contribution in [0.15, 0.2) is 60.7 Å². The lowest BCUT2D eigenvalue weighted by Crippen LogP contribution is -2.66. The highest BCUT2D eigenvalue weighted by Gasteiger charge is 2.49. The predicted molar refractivity (Wildman–Crippen MR) is 128 cm³/mol. The summed E-state index contributed by atoms with van der Waals surface area (Å²) in [6.07, 6.45) is 7.85. The molecule has 0 atom stereocenters. The van der Waals surface area contributed by atoms with Crippen LogP contribution in [0.1, 0.15) is 72.1 Å². The van der Waals surface area contributed by atoms with Gasteiger partial charge in [0.15, 0.2) is 0 Å². The molecule has 0 aliphatic carbocycles. The van der Waals surface area contributed by atoms with E-state index in [1.54, 1.807) is 0 Å². The number of carboxylic acid groups (broad SMARTS) is 1. The summed E-state index contributed by atoms with van der Waals surface area (Å²) >= 11 is 0. The van der Waals surface area contributed by atoms with Crippen LogP contribution in [0.3, 0.4) is 0 Å². The fraction of sp³-hybridized carbons (Fsp3) is 0.500. The van der Waals surface area contributed by atoms with E-state index in [0.29, 0.717) is 6.42 Å². The smallest absolute Gasteiger partial charge is 0.303 e. The Morgan fingerprint density at radius 3 is 1.63 bits per heavy atom. The van der Waals surface area contributed by atoms with Gasteiger partial charge in [0.25, 0.3) is 8.32 Å². The normalized spacial score (nSPS) is 12.1. The Morgan fingerprint density at radius 1 is 0.767 bits per heavy atom. The molecule has 1 N–H and O–H groups in total. The lowest BCUT2D eigenvalue weighted by molar-refractivity contribution is -0.137. The van der Waals surface area contributed by atoms with Gasteiger partial charge in [-0.25, -0.2) is 0 Å². The van der Waals surface area contributed by atoms with Crippen molar-refractivity contribution >= 4 is 24.7 Å². The average molecular weight is 427 g/mol. The van der Waals surface area contributed by atoms with Crippen LogP contribution in [-0.4, -0.2) is 26.0 Å². The Hall–Kier alpha value is -1.91. The second kappa shape index (κ2) is 12.1. The first-order valence-electron chi connectivity index (χ1n) is 11.3.